The van der Waals surface area contributed by atoms with E-state index in [0.717, 1.165) is 18.4 Å². The van der Waals surface area contributed by atoms with Crippen LogP contribution in [0.3, 0.4) is 0 Å². The van der Waals surface area contributed by atoms with E-state index in [1.54, 1.807) is 4.31 Å². The quantitative estimate of drug-likeness (QED) is 0.906. The molecule has 1 aliphatic heterocycles. The zero-order chi connectivity index (χ0) is 15.5. The van der Waals surface area contributed by atoms with Gasteiger partial charge in [0.25, 0.3) is 0 Å². The number of nitrogens with zero attached hydrogens (tertiary/aromatic N) is 1. The smallest absolute Gasteiger partial charge is 0.214 e. The molecule has 0 aliphatic carbocycles. The molecule has 1 heterocycles. The largest absolute Gasteiger partial charge is 0.328 e. The van der Waals surface area contributed by atoms with Crippen LogP contribution in [0, 0.1) is 5.92 Å². The van der Waals surface area contributed by atoms with Crippen molar-refractivity contribution in [3.8, 4) is 0 Å². The van der Waals surface area contributed by atoms with Gasteiger partial charge in [0.1, 0.15) is 0 Å². The minimum atomic E-state index is -3.19. The molecule has 1 fully saturated rings. The summed E-state index contributed by atoms with van der Waals surface area (Å²) in [4.78, 5) is 0. The van der Waals surface area contributed by atoms with Crippen molar-refractivity contribution in [2.45, 2.75) is 38.6 Å². The molecule has 0 bridgehead atoms. The van der Waals surface area contributed by atoms with Crippen LogP contribution in [0.2, 0.25) is 0 Å². The van der Waals surface area contributed by atoms with Crippen LogP contribution in [0.4, 0.5) is 0 Å². The van der Waals surface area contributed by atoms with E-state index in [4.69, 9.17) is 5.73 Å². The summed E-state index contributed by atoms with van der Waals surface area (Å²) in [5.74, 6) is 0.644. The molecule has 5 heteroatoms. The fourth-order valence-corrected chi connectivity index (χ4v) is 4.78. The van der Waals surface area contributed by atoms with Gasteiger partial charge in [-0.3, -0.25) is 0 Å². The number of sulfonamides is 1. The van der Waals surface area contributed by atoms with Gasteiger partial charge in [-0.1, -0.05) is 37.3 Å². The number of benzene rings is 1. The Morgan fingerprint density at radius 2 is 1.76 bits per heavy atom. The normalized spacial score (nSPS) is 21.1. The van der Waals surface area contributed by atoms with Crippen LogP contribution in [0.15, 0.2) is 30.3 Å². The summed E-state index contributed by atoms with van der Waals surface area (Å²) in [5.41, 5.74) is 6.99. The van der Waals surface area contributed by atoms with Crippen molar-refractivity contribution in [3.05, 3.63) is 35.9 Å². The average molecular weight is 310 g/mol. The van der Waals surface area contributed by atoms with Gasteiger partial charge in [0, 0.05) is 19.1 Å². The molecule has 0 aromatic heterocycles. The molecule has 2 rings (SSSR count). The van der Waals surface area contributed by atoms with E-state index in [9.17, 15) is 8.42 Å². The van der Waals surface area contributed by atoms with Crippen molar-refractivity contribution in [1.82, 2.24) is 4.31 Å². The Kier molecular flexibility index (Phi) is 5.41. The maximum atomic E-state index is 12.5. The lowest BCUT2D eigenvalue weighted by Crippen LogP contribution is -2.43. The first-order chi connectivity index (χ1) is 9.90. The highest BCUT2D eigenvalue weighted by molar-refractivity contribution is 7.89. The number of hydrogen-bond donors (Lipinski definition) is 1. The Balaban J connectivity index is 1.97. The molecule has 4 nitrogen and oxygen atoms in total. The van der Waals surface area contributed by atoms with Gasteiger partial charge in [-0.05, 0) is 37.2 Å². The van der Waals surface area contributed by atoms with Crippen LogP contribution >= 0.6 is 0 Å². The van der Waals surface area contributed by atoms with Crippen LogP contribution in [-0.4, -0.2) is 37.6 Å². The lowest BCUT2D eigenvalue weighted by molar-refractivity contribution is 0.250. The standard InChI is InChI=1S/C16H26N2O2S/c1-13(15-6-4-3-5-7-15)12-21(19,20)18-10-8-16(9-11-18)14(2)17/h3-7,13-14,16H,8-12,17H2,1-2H3. The van der Waals surface area contributed by atoms with Gasteiger partial charge in [0.05, 0.1) is 5.75 Å². The second-order valence-electron chi connectivity index (χ2n) is 6.19. The van der Waals surface area contributed by atoms with Gasteiger partial charge in [-0.25, -0.2) is 12.7 Å². The third-order valence-electron chi connectivity index (χ3n) is 4.46. The van der Waals surface area contributed by atoms with E-state index in [1.807, 2.05) is 44.2 Å². The van der Waals surface area contributed by atoms with Crippen molar-refractivity contribution < 1.29 is 8.42 Å². The SMILES string of the molecule is CC(CS(=O)(=O)N1CCC(C(C)N)CC1)c1ccccc1. The van der Waals surface area contributed by atoms with Crippen LogP contribution < -0.4 is 5.73 Å². The maximum Gasteiger partial charge on any atom is 0.214 e. The molecular formula is C16H26N2O2S. The Bertz CT molecular complexity index is 535. The number of hydrogen-bond acceptors (Lipinski definition) is 3. The molecule has 1 aliphatic rings. The first kappa shape index (κ1) is 16.5. The summed E-state index contributed by atoms with van der Waals surface area (Å²) in [7, 11) is -3.19. The maximum absolute atomic E-state index is 12.5. The highest BCUT2D eigenvalue weighted by atomic mass is 32.2. The highest BCUT2D eigenvalue weighted by Crippen LogP contribution is 2.24. The van der Waals surface area contributed by atoms with E-state index in [2.05, 4.69) is 0 Å². The topological polar surface area (TPSA) is 63.4 Å². The molecule has 0 saturated carbocycles. The lowest BCUT2D eigenvalue weighted by Gasteiger charge is -2.33. The molecule has 2 unspecified atom stereocenters. The molecule has 0 radical (unpaired) electrons. The zero-order valence-corrected chi connectivity index (χ0v) is 13.7. The molecule has 0 amide bonds. The van der Waals surface area contributed by atoms with Crippen LogP contribution in [0.5, 0.6) is 0 Å². The van der Waals surface area contributed by atoms with Crippen molar-refractivity contribution in [2.24, 2.45) is 11.7 Å². The molecule has 2 N–H and O–H groups in total. The minimum Gasteiger partial charge on any atom is -0.328 e. The van der Waals surface area contributed by atoms with Crippen LogP contribution in [0.1, 0.15) is 38.2 Å². The molecule has 1 aromatic carbocycles. The first-order valence-electron chi connectivity index (χ1n) is 7.68. The summed E-state index contributed by atoms with van der Waals surface area (Å²) < 4.78 is 26.7. The highest BCUT2D eigenvalue weighted by Gasteiger charge is 2.30. The first-order valence-corrected chi connectivity index (χ1v) is 9.29. The van der Waals surface area contributed by atoms with Gasteiger partial charge < -0.3 is 5.73 Å². The predicted octanol–water partition coefficient (Wildman–Crippen LogP) is 2.18. The summed E-state index contributed by atoms with van der Waals surface area (Å²) in [5, 5.41) is 0. The molecule has 118 valence electrons. The van der Waals surface area contributed by atoms with E-state index in [0.29, 0.717) is 19.0 Å². The van der Waals surface area contributed by atoms with Crippen LogP contribution in [-0.2, 0) is 10.0 Å². The van der Waals surface area contributed by atoms with E-state index < -0.39 is 10.0 Å². The summed E-state index contributed by atoms with van der Waals surface area (Å²) in [6.45, 7) is 5.19. The summed E-state index contributed by atoms with van der Waals surface area (Å²) in [6, 6.07) is 9.98. The van der Waals surface area contributed by atoms with Crippen molar-refractivity contribution in [3.63, 3.8) is 0 Å². The Morgan fingerprint density at radius 3 is 2.29 bits per heavy atom. The van der Waals surface area contributed by atoms with E-state index in [-0.39, 0.29) is 17.7 Å². The molecule has 0 spiro atoms. The second-order valence-corrected chi connectivity index (χ2v) is 8.20. The Labute approximate surface area is 128 Å². The molecule has 1 saturated heterocycles. The van der Waals surface area contributed by atoms with Gasteiger partial charge in [0.15, 0.2) is 0 Å². The third-order valence-corrected chi connectivity index (χ3v) is 6.54. The summed E-state index contributed by atoms with van der Waals surface area (Å²) in [6.07, 6.45) is 1.74. The predicted molar refractivity (Wildman–Crippen MR) is 86.6 cm³/mol. The fourth-order valence-electron chi connectivity index (χ4n) is 2.98. The van der Waals surface area contributed by atoms with Gasteiger partial charge in [-0.15, -0.1) is 0 Å². The Hall–Kier alpha value is -0.910. The molecular weight excluding hydrogens is 284 g/mol. The van der Waals surface area contributed by atoms with Crippen molar-refractivity contribution in [1.29, 1.82) is 0 Å². The zero-order valence-electron chi connectivity index (χ0n) is 12.9. The molecule has 21 heavy (non-hydrogen) atoms. The number of rotatable bonds is 5. The van der Waals surface area contributed by atoms with Crippen molar-refractivity contribution in [2.75, 3.05) is 18.8 Å². The average Bonchev–Trinajstić information content (AvgIpc) is 2.48. The number of piperidine rings is 1. The van der Waals surface area contributed by atoms with Crippen molar-refractivity contribution >= 4 is 10.0 Å². The molecule has 2 atom stereocenters. The minimum absolute atomic E-state index is 0.0161. The van der Waals surface area contributed by atoms with Gasteiger partial charge in [-0.2, -0.15) is 0 Å². The molecule has 1 aromatic rings. The summed E-state index contributed by atoms with van der Waals surface area (Å²) >= 11 is 0. The van der Waals surface area contributed by atoms with E-state index >= 15 is 0 Å². The second kappa shape index (κ2) is 6.90. The Morgan fingerprint density at radius 1 is 1.19 bits per heavy atom. The van der Waals surface area contributed by atoms with Gasteiger partial charge in [0.2, 0.25) is 10.0 Å². The van der Waals surface area contributed by atoms with E-state index in [1.165, 1.54) is 0 Å². The third kappa shape index (κ3) is 4.28. The lowest BCUT2D eigenvalue weighted by atomic mass is 9.92. The van der Waals surface area contributed by atoms with Crippen LogP contribution in [0.25, 0.3) is 0 Å². The number of nitrogens with two attached hydrogens (primary N) is 1. The fraction of sp³-hybridized carbons (Fsp3) is 0.625. The van der Waals surface area contributed by atoms with Gasteiger partial charge >= 0.3 is 0 Å². The monoisotopic (exact) mass is 310 g/mol.